The summed E-state index contributed by atoms with van der Waals surface area (Å²) in [5.74, 6) is 0. The molecule has 0 aromatic heterocycles. The molecule has 0 amide bonds. The Bertz CT molecular complexity index is 2430. The van der Waals surface area contributed by atoms with E-state index in [1.807, 2.05) is 182 Å². The molecule has 386 valence electrons. The number of ether oxygens (including phenoxy) is 11. The van der Waals surface area contributed by atoms with Crippen LogP contribution in [0.25, 0.3) is 0 Å². The number of methoxy groups -OCH3 is 1. The first-order valence-electron chi connectivity index (χ1n) is 25.3. The minimum Gasteiger partial charge on any atom is -0.387 e. The lowest BCUT2D eigenvalue weighted by Gasteiger charge is -2.46. The van der Waals surface area contributed by atoms with Gasteiger partial charge in [0.1, 0.15) is 48.8 Å². The van der Waals surface area contributed by atoms with Gasteiger partial charge in [0.15, 0.2) is 12.6 Å². The monoisotopic (exact) mass is 994 g/mol. The fourth-order valence-electron chi connectivity index (χ4n) is 8.96. The summed E-state index contributed by atoms with van der Waals surface area (Å²) < 4.78 is 71.4. The van der Waals surface area contributed by atoms with Crippen molar-refractivity contribution in [1.29, 1.82) is 0 Å². The quantitative estimate of drug-likeness (QED) is 0.0356. The van der Waals surface area contributed by atoms with E-state index < -0.39 is 61.4 Å². The van der Waals surface area contributed by atoms with Gasteiger partial charge in [0, 0.05) is 7.11 Å². The highest BCUT2D eigenvalue weighted by Crippen LogP contribution is 2.33. The number of hydrogen-bond donors (Lipinski definition) is 1. The van der Waals surface area contributed by atoms with Crippen LogP contribution in [-0.4, -0.2) is 93.4 Å². The predicted octanol–water partition coefficient (Wildman–Crippen LogP) is 10.1. The van der Waals surface area contributed by atoms with E-state index in [0.717, 1.165) is 51.8 Å². The molecule has 6 aromatic carbocycles. The summed E-state index contributed by atoms with van der Waals surface area (Å²) in [6, 6.07) is 57.9. The first-order valence-corrected chi connectivity index (χ1v) is 25.3. The van der Waals surface area contributed by atoms with Gasteiger partial charge in [0.25, 0.3) is 0 Å². The lowest BCUT2D eigenvalue weighted by Crippen LogP contribution is -2.61. The Morgan fingerprint density at radius 3 is 1.26 bits per heavy atom. The third kappa shape index (κ3) is 16.5. The normalized spacial score (nSPS) is 24.0. The number of benzene rings is 6. The molecule has 2 aliphatic rings. The van der Waals surface area contributed by atoms with Gasteiger partial charge in [-0.2, -0.15) is 0 Å². The Balaban J connectivity index is 0.933. The van der Waals surface area contributed by atoms with E-state index in [4.69, 9.17) is 52.1 Å². The van der Waals surface area contributed by atoms with Gasteiger partial charge < -0.3 is 57.2 Å². The maximum atomic E-state index is 11.8. The molecule has 0 spiro atoms. The minimum atomic E-state index is -1.07. The SMILES string of the molecule is C=CCCCO[C@@H]1O[C@H](COCc2cccc(COC[C@H]3O[C@H](OC)[C@H](OCc4ccccc4)[C@@H](OCc4ccccc4)[C@@H]3O)c2)[C@@H](OCc2ccccc2)[C@H](OCc2ccccc2)[C@H]1OCc1ccccc1. The fraction of sp³-hybridized carbons (Fsp3) is 0.377. The Morgan fingerprint density at radius 2 is 0.808 bits per heavy atom. The first kappa shape index (κ1) is 53.9. The average molecular weight is 995 g/mol. The maximum absolute atomic E-state index is 11.8. The van der Waals surface area contributed by atoms with Gasteiger partial charge in [-0.05, 0) is 51.8 Å². The summed E-state index contributed by atoms with van der Waals surface area (Å²) in [7, 11) is 1.56. The minimum absolute atomic E-state index is 0.0855. The Kier molecular flexibility index (Phi) is 21.7. The van der Waals surface area contributed by atoms with Crippen molar-refractivity contribution >= 4 is 0 Å². The molecule has 12 nitrogen and oxygen atoms in total. The van der Waals surface area contributed by atoms with Crippen LogP contribution in [0.5, 0.6) is 0 Å². The topological polar surface area (TPSA) is 122 Å². The van der Waals surface area contributed by atoms with Crippen molar-refractivity contribution in [3.8, 4) is 0 Å². The molecule has 1 N–H and O–H groups in total. The van der Waals surface area contributed by atoms with E-state index in [1.54, 1.807) is 7.11 Å². The van der Waals surface area contributed by atoms with Gasteiger partial charge in [-0.1, -0.05) is 182 Å². The van der Waals surface area contributed by atoms with E-state index in [0.29, 0.717) is 33.0 Å². The second kappa shape index (κ2) is 29.5. The number of unbranched alkanes of at least 4 members (excludes halogenated alkanes) is 1. The number of aliphatic hydroxyl groups is 1. The lowest BCUT2D eigenvalue weighted by atomic mass is 9.97. The molecule has 6 aromatic rings. The van der Waals surface area contributed by atoms with Gasteiger partial charge in [-0.15, -0.1) is 6.58 Å². The summed E-state index contributed by atoms with van der Waals surface area (Å²) >= 11 is 0. The number of hydrogen-bond acceptors (Lipinski definition) is 12. The van der Waals surface area contributed by atoms with Crippen LogP contribution in [0.3, 0.4) is 0 Å². The second-order valence-electron chi connectivity index (χ2n) is 18.3. The number of allylic oxidation sites excluding steroid dienone is 1. The second-order valence-corrected chi connectivity index (χ2v) is 18.3. The predicted molar refractivity (Wildman–Crippen MR) is 277 cm³/mol. The van der Waals surface area contributed by atoms with E-state index in [1.165, 1.54) is 0 Å². The zero-order chi connectivity index (χ0) is 50.3. The number of aliphatic hydroxyl groups excluding tert-OH is 1. The van der Waals surface area contributed by atoms with E-state index in [9.17, 15) is 5.11 Å². The van der Waals surface area contributed by atoms with Crippen molar-refractivity contribution in [3.05, 3.63) is 228 Å². The Hall–Kier alpha value is -5.42. The molecule has 0 aliphatic carbocycles. The molecule has 10 atom stereocenters. The molecule has 2 fully saturated rings. The highest BCUT2D eigenvalue weighted by atomic mass is 16.7. The largest absolute Gasteiger partial charge is 0.387 e. The molecule has 12 heteroatoms. The zero-order valence-electron chi connectivity index (χ0n) is 41.7. The summed E-state index contributed by atoms with van der Waals surface area (Å²) in [6.45, 7) is 6.72. The molecule has 2 aliphatic heterocycles. The van der Waals surface area contributed by atoms with Crippen molar-refractivity contribution in [3.63, 3.8) is 0 Å². The molecule has 0 radical (unpaired) electrons. The van der Waals surface area contributed by atoms with Crippen molar-refractivity contribution in [2.24, 2.45) is 0 Å². The van der Waals surface area contributed by atoms with Gasteiger partial charge in [-0.3, -0.25) is 0 Å². The number of rotatable bonds is 29. The molecular weight excluding hydrogens is 925 g/mol. The lowest BCUT2D eigenvalue weighted by molar-refractivity contribution is -0.328. The van der Waals surface area contributed by atoms with Crippen LogP contribution in [0.1, 0.15) is 51.8 Å². The molecule has 0 unspecified atom stereocenters. The van der Waals surface area contributed by atoms with Gasteiger partial charge in [-0.25, -0.2) is 0 Å². The van der Waals surface area contributed by atoms with Crippen LogP contribution >= 0.6 is 0 Å². The summed E-state index contributed by atoms with van der Waals surface area (Å²) in [5.41, 5.74) is 6.88. The Labute approximate surface area is 430 Å². The first-order chi connectivity index (χ1) is 36.0. The van der Waals surface area contributed by atoms with Crippen LogP contribution < -0.4 is 0 Å². The molecule has 0 bridgehead atoms. The fourth-order valence-corrected chi connectivity index (χ4v) is 8.96. The van der Waals surface area contributed by atoms with Gasteiger partial charge in [0.2, 0.25) is 0 Å². The summed E-state index contributed by atoms with van der Waals surface area (Å²) in [5, 5.41) is 11.8. The zero-order valence-corrected chi connectivity index (χ0v) is 41.7. The molecule has 2 saturated heterocycles. The average Bonchev–Trinajstić information content (AvgIpc) is 3.44. The molecule has 0 saturated carbocycles. The van der Waals surface area contributed by atoms with Gasteiger partial charge in [0.05, 0.1) is 66.1 Å². The molecule has 73 heavy (non-hydrogen) atoms. The maximum Gasteiger partial charge on any atom is 0.186 e. The van der Waals surface area contributed by atoms with Crippen LogP contribution in [0.2, 0.25) is 0 Å². The van der Waals surface area contributed by atoms with Crippen molar-refractivity contribution in [2.45, 2.75) is 121 Å². The third-order valence-electron chi connectivity index (χ3n) is 12.8. The van der Waals surface area contributed by atoms with Crippen molar-refractivity contribution in [1.82, 2.24) is 0 Å². The van der Waals surface area contributed by atoms with Crippen molar-refractivity contribution < 1.29 is 57.2 Å². The van der Waals surface area contributed by atoms with E-state index in [2.05, 4.69) is 6.58 Å². The smallest absolute Gasteiger partial charge is 0.186 e. The summed E-state index contributed by atoms with van der Waals surface area (Å²) in [4.78, 5) is 0. The molecular formula is C61H70O12. The third-order valence-corrected chi connectivity index (χ3v) is 12.8. The van der Waals surface area contributed by atoms with Crippen LogP contribution in [0.15, 0.2) is 189 Å². The van der Waals surface area contributed by atoms with E-state index in [-0.39, 0.29) is 33.0 Å². The van der Waals surface area contributed by atoms with Gasteiger partial charge >= 0.3 is 0 Å². The van der Waals surface area contributed by atoms with Crippen molar-refractivity contribution in [2.75, 3.05) is 26.9 Å². The molecule has 2 heterocycles. The van der Waals surface area contributed by atoms with E-state index >= 15 is 0 Å². The van der Waals surface area contributed by atoms with Crippen LogP contribution in [0.4, 0.5) is 0 Å². The standard InChI is InChI=1S/C61H70O12/c1-3-4-20-34-66-61-59(71-42-49-30-18-9-19-31-49)57(69-40-47-26-14-7-15-27-47)55(67-38-45-22-10-5-11-23-45)53(73-61)44-65-37-51-33-21-32-50(35-51)36-64-43-52-54(62)56(68-39-46-24-12-6-13-25-46)58(60(63-2)72-52)70-41-48-28-16-8-17-29-48/h3,5-19,21-33,35,52-62H,1,4,20,34,36-44H2,2H3/t52-,53-,54-,55-,56+,57+,58-,59-,60+,61-/m1/s1. The molecule has 8 rings (SSSR count). The Morgan fingerprint density at radius 1 is 0.425 bits per heavy atom. The highest BCUT2D eigenvalue weighted by Gasteiger charge is 2.50. The van der Waals surface area contributed by atoms with Crippen LogP contribution in [0, 0.1) is 0 Å². The van der Waals surface area contributed by atoms with Crippen LogP contribution in [-0.2, 0) is 98.4 Å². The summed E-state index contributed by atoms with van der Waals surface area (Å²) in [6.07, 6.45) is -3.81. The highest BCUT2D eigenvalue weighted by molar-refractivity contribution is 5.23.